The van der Waals surface area contributed by atoms with E-state index in [1.54, 1.807) is 6.07 Å². The molecule has 0 aromatic heterocycles. The van der Waals surface area contributed by atoms with Gasteiger partial charge in [-0.05, 0) is 23.6 Å². The maximum Gasteiger partial charge on any atom is 0.101 e. The number of nitrogens with zero attached hydrogens (tertiary/aromatic N) is 1. The van der Waals surface area contributed by atoms with Crippen LogP contribution in [0.3, 0.4) is 0 Å². The molecular formula is C14H12N2. The fourth-order valence-electron chi connectivity index (χ4n) is 1.68. The molecule has 0 aliphatic rings. The average Bonchev–Trinajstić information content (AvgIpc) is 2.33. The lowest BCUT2D eigenvalue weighted by molar-refractivity contribution is 1.19. The van der Waals surface area contributed by atoms with Crippen LogP contribution in [0.2, 0.25) is 0 Å². The van der Waals surface area contributed by atoms with Crippen LogP contribution >= 0.6 is 0 Å². The normalized spacial score (nSPS) is 9.69. The highest BCUT2D eigenvalue weighted by Crippen LogP contribution is 2.19. The molecule has 0 atom stereocenters. The molecular weight excluding hydrogens is 196 g/mol. The topological polar surface area (TPSA) is 49.8 Å². The van der Waals surface area contributed by atoms with E-state index in [2.05, 4.69) is 18.2 Å². The largest absolute Gasteiger partial charge is 0.397 e. The number of rotatable bonds is 2. The molecule has 0 bridgehead atoms. The van der Waals surface area contributed by atoms with E-state index in [4.69, 9.17) is 11.0 Å². The summed E-state index contributed by atoms with van der Waals surface area (Å²) in [5.74, 6) is 0. The molecule has 0 saturated carbocycles. The number of anilines is 1. The number of nitriles is 1. The minimum Gasteiger partial charge on any atom is -0.397 e. The fourth-order valence-corrected chi connectivity index (χ4v) is 1.68. The molecule has 0 spiro atoms. The summed E-state index contributed by atoms with van der Waals surface area (Å²) in [5.41, 5.74) is 9.26. The molecule has 2 aromatic carbocycles. The van der Waals surface area contributed by atoms with Crippen molar-refractivity contribution in [2.75, 3.05) is 5.73 Å². The van der Waals surface area contributed by atoms with Gasteiger partial charge >= 0.3 is 0 Å². The maximum atomic E-state index is 8.88. The summed E-state index contributed by atoms with van der Waals surface area (Å²) in [6.45, 7) is 0. The molecule has 0 unspecified atom stereocenters. The number of nitrogens with two attached hydrogens (primary N) is 1. The van der Waals surface area contributed by atoms with Gasteiger partial charge in [-0.25, -0.2) is 0 Å². The first-order valence-corrected chi connectivity index (χ1v) is 5.12. The van der Waals surface area contributed by atoms with E-state index in [1.165, 1.54) is 5.56 Å². The molecule has 0 amide bonds. The molecule has 78 valence electrons. The SMILES string of the molecule is N#Cc1cccc(Cc2ccccc2)c1N. The van der Waals surface area contributed by atoms with E-state index < -0.39 is 0 Å². The second-order valence-corrected chi connectivity index (χ2v) is 3.65. The van der Waals surface area contributed by atoms with E-state index >= 15 is 0 Å². The minimum absolute atomic E-state index is 0.549. The van der Waals surface area contributed by atoms with Gasteiger partial charge in [0.25, 0.3) is 0 Å². The highest BCUT2D eigenvalue weighted by atomic mass is 14.6. The van der Waals surface area contributed by atoms with Crippen molar-refractivity contribution in [3.8, 4) is 6.07 Å². The molecule has 16 heavy (non-hydrogen) atoms. The van der Waals surface area contributed by atoms with Gasteiger partial charge in [0, 0.05) is 0 Å². The molecule has 2 nitrogen and oxygen atoms in total. The third-order valence-electron chi connectivity index (χ3n) is 2.55. The summed E-state index contributed by atoms with van der Waals surface area (Å²) < 4.78 is 0. The molecule has 0 heterocycles. The molecule has 0 fully saturated rings. The Hall–Kier alpha value is -2.27. The van der Waals surface area contributed by atoms with Crippen molar-refractivity contribution in [3.63, 3.8) is 0 Å². The standard InChI is InChI=1S/C14H12N2/c15-10-13-8-4-7-12(14(13)16)9-11-5-2-1-3-6-11/h1-8H,9,16H2. The highest BCUT2D eigenvalue weighted by molar-refractivity contribution is 5.60. The van der Waals surface area contributed by atoms with E-state index in [1.807, 2.05) is 30.3 Å². The first-order chi connectivity index (χ1) is 7.81. The van der Waals surface area contributed by atoms with Gasteiger partial charge in [-0.3, -0.25) is 0 Å². The summed E-state index contributed by atoms with van der Waals surface area (Å²) in [7, 11) is 0. The van der Waals surface area contributed by atoms with Crippen molar-refractivity contribution < 1.29 is 0 Å². The third kappa shape index (κ3) is 2.04. The van der Waals surface area contributed by atoms with E-state index in [-0.39, 0.29) is 0 Å². The average molecular weight is 208 g/mol. The van der Waals surface area contributed by atoms with Crippen molar-refractivity contribution in [1.29, 1.82) is 5.26 Å². The second kappa shape index (κ2) is 4.50. The Labute approximate surface area is 95.0 Å². The smallest absolute Gasteiger partial charge is 0.101 e. The third-order valence-corrected chi connectivity index (χ3v) is 2.55. The Kier molecular flexibility index (Phi) is 2.88. The van der Waals surface area contributed by atoms with Crippen molar-refractivity contribution in [2.45, 2.75) is 6.42 Å². The molecule has 0 aliphatic carbocycles. The molecule has 0 radical (unpaired) electrons. The summed E-state index contributed by atoms with van der Waals surface area (Å²) in [5, 5.41) is 8.88. The van der Waals surface area contributed by atoms with Gasteiger partial charge in [-0.2, -0.15) is 5.26 Å². The van der Waals surface area contributed by atoms with E-state index in [0.717, 1.165) is 12.0 Å². The van der Waals surface area contributed by atoms with Crippen molar-refractivity contribution in [3.05, 3.63) is 65.2 Å². The van der Waals surface area contributed by atoms with Crippen LogP contribution in [-0.2, 0) is 6.42 Å². The Bertz CT molecular complexity index is 524. The van der Waals surface area contributed by atoms with Crippen LogP contribution < -0.4 is 5.73 Å². The maximum absolute atomic E-state index is 8.88. The Balaban J connectivity index is 2.33. The lowest BCUT2D eigenvalue weighted by Gasteiger charge is -2.06. The van der Waals surface area contributed by atoms with Gasteiger partial charge in [-0.1, -0.05) is 42.5 Å². The predicted octanol–water partition coefficient (Wildman–Crippen LogP) is 2.73. The summed E-state index contributed by atoms with van der Waals surface area (Å²) in [4.78, 5) is 0. The summed E-state index contributed by atoms with van der Waals surface area (Å²) in [6.07, 6.45) is 0.766. The quantitative estimate of drug-likeness (QED) is 0.771. The van der Waals surface area contributed by atoms with Gasteiger partial charge in [0.05, 0.1) is 11.3 Å². The van der Waals surface area contributed by atoms with Crippen LogP contribution in [0, 0.1) is 11.3 Å². The van der Waals surface area contributed by atoms with Gasteiger partial charge in [0.15, 0.2) is 0 Å². The number of para-hydroxylation sites is 1. The van der Waals surface area contributed by atoms with E-state index in [9.17, 15) is 0 Å². The predicted molar refractivity (Wildman–Crippen MR) is 64.8 cm³/mol. The van der Waals surface area contributed by atoms with Crippen molar-refractivity contribution in [1.82, 2.24) is 0 Å². The fraction of sp³-hybridized carbons (Fsp3) is 0.0714. The van der Waals surface area contributed by atoms with E-state index in [0.29, 0.717) is 11.3 Å². The van der Waals surface area contributed by atoms with Gasteiger partial charge in [0.2, 0.25) is 0 Å². The monoisotopic (exact) mass is 208 g/mol. The first-order valence-electron chi connectivity index (χ1n) is 5.12. The van der Waals surface area contributed by atoms with Crippen LogP contribution in [0.5, 0.6) is 0 Å². The van der Waals surface area contributed by atoms with Crippen LogP contribution in [0.15, 0.2) is 48.5 Å². The number of nitrogen functional groups attached to an aromatic ring is 1. The molecule has 2 aromatic rings. The molecule has 2 rings (SSSR count). The number of hydrogen-bond donors (Lipinski definition) is 1. The number of hydrogen-bond acceptors (Lipinski definition) is 2. The zero-order valence-electron chi connectivity index (χ0n) is 8.85. The summed E-state index contributed by atoms with van der Waals surface area (Å²) in [6, 6.07) is 17.8. The molecule has 0 saturated heterocycles. The Morgan fingerprint density at radius 3 is 2.44 bits per heavy atom. The molecule has 0 aliphatic heterocycles. The zero-order valence-corrected chi connectivity index (χ0v) is 8.85. The molecule has 2 heteroatoms. The molecule has 2 N–H and O–H groups in total. The van der Waals surface area contributed by atoms with Gasteiger partial charge in [-0.15, -0.1) is 0 Å². The van der Waals surface area contributed by atoms with Crippen LogP contribution in [0.4, 0.5) is 5.69 Å². The van der Waals surface area contributed by atoms with Crippen LogP contribution in [-0.4, -0.2) is 0 Å². The van der Waals surface area contributed by atoms with Gasteiger partial charge in [0.1, 0.15) is 6.07 Å². The van der Waals surface area contributed by atoms with Gasteiger partial charge < -0.3 is 5.73 Å². The van der Waals surface area contributed by atoms with Crippen molar-refractivity contribution in [2.24, 2.45) is 0 Å². The zero-order chi connectivity index (χ0) is 11.4. The lowest BCUT2D eigenvalue weighted by atomic mass is 10.0. The lowest BCUT2D eigenvalue weighted by Crippen LogP contribution is -1.98. The number of benzene rings is 2. The van der Waals surface area contributed by atoms with Crippen LogP contribution in [0.1, 0.15) is 16.7 Å². The first kappa shape index (κ1) is 10.3. The minimum atomic E-state index is 0.549. The summed E-state index contributed by atoms with van der Waals surface area (Å²) >= 11 is 0. The highest BCUT2D eigenvalue weighted by Gasteiger charge is 2.04. The Morgan fingerprint density at radius 1 is 1.00 bits per heavy atom. The van der Waals surface area contributed by atoms with Crippen molar-refractivity contribution >= 4 is 5.69 Å². The van der Waals surface area contributed by atoms with Crippen LogP contribution in [0.25, 0.3) is 0 Å². The Morgan fingerprint density at radius 2 is 1.75 bits per heavy atom. The second-order valence-electron chi connectivity index (χ2n) is 3.65.